The zero-order valence-electron chi connectivity index (χ0n) is 10.5. The van der Waals surface area contributed by atoms with Crippen LogP contribution in [0.2, 0.25) is 0 Å². The average Bonchev–Trinajstić information content (AvgIpc) is 2.37. The molecule has 0 bridgehead atoms. The topological polar surface area (TPSA) is 52.6 Å². The van der Waals surface area contributed by atoms with Gasteiger partial charge in [-0.05, 0) is 0 Å². The van der Waals surface area contributed by atoms with Crippen LogP contribution < -0.4 is 0 Å². The molecule has 15 heteroatoms. The van der Waals surface area contributed by atoms with Crippen molar-refractivity contribution in [2.75, 3.05) is 19.0 Å². The molecule has 1 aliphatic rings. The van der Waals surface area contributed by atoms with Crippen LogP contribution in [-0.4, -0.2) is 56.1 Å². The maximum Gasteiger partial charge on any atom is 0.460 e. The lowest BCUT2D eigenvalue weighted by molar-refractivity contribution is -0.382. The van der Waals surface area contributed by atoms with E-state index in [1.54, 1.807) is 0 Å². The van der Waals surface area contributed by atoms with Crippen LogP contribution in [0.1, 0.15) is 0 Å². The van der Waals surface area contributed by atoms with E-state index in [4.69, 9.17) is 0 Å². The van der Waals surface area contributed by atoms with E-state index in [1.165, 1.54) is 0 Å². The van der Waals surface area contributed by atoms with Crippen LogP contribution in [-0.2, 0) is 19.0 Å². The number of hydrogen-bond donors (Lipinski definition) is 0. The summed E-state index contributed by atoms with van der Waals surface area (Å²) in [4.78, 5) is 0. The lowest BCUT2D eigenvalue weighted by Gasteiger charge is -2.33. The highest BCUT2D eigenvalue weighted by Crippen LogP contribution is 2.55. The molecule has 1 saturated heterocycles. The highest BCUT2D eigenvalue weighted by molar-refractivity contribution is 8.00. The molecule has 138 valence electrons. The summed E-state index contributed by atoms with van der Waals surface area (Å²) in [5.41, 5.74) is -1.78. The van der Waals surface area contributed by atoms with Crippen molar-refractivity contribution in [2.24, 2.45) is 0 Å². The molecule has 1 fully saturated rings. The minimum absolute atomic E-state index is 0.000855. The van der Waals surface area contributed by atoms with Gasteiger partial charge in [0, 0.05) is 5.75 Å². The van der Waals surface area contributed by atoms with Gasteiger partial charge in [-0.25, -0.2) is 4.18 Å². The van der Waals surface area contributed by atoms with Gasteiger partial charge in [-0.2, -0.15) is 47.9 Å². The Kier molecular flexibility index (Phi) is 5.51. The van der Waals surface area contributed by atoms with E-state index in [0.717, 1.165) is 0 Å². The molecule has 1 unspecified atom stereocenters. The maximum atomic E-state index is 13.3. The van der Waals surface area contributed by atoms with Gasteiger partial charge in [0.2, 0.25) is 0 Å². The first kappa shape index (κ1) is 20.6. The van der Waals surface area contributed by atoms with Crippen LogP contribution in [0.15, 0.2) is 0 Å². The highest BCUT2D eigenvalue weighted by Gasteiger charge is 2.85. The van der Waals surface area contributed by atoms with Crippen LogP contribution in [0, 0.1) is 0 Å². The highest BCUT2D eigenvalue weighted by atomic mass is 32.2. The summed E-state index contributed by atoms with van der Waals surface area (Å²) in [5.74, 6) is -14.6. The van der Waals surface area contributed by atoms with Crippen molar-refractivity contribution in [2.45, 2.75) is 28.7 Å². The lowest BCUT2D eigenvalue weighted by Crippen LogP contribution is -2.63. The fourth-order valence-corrected chi connectivity index (χ4v) is 3.34. The number of hydrogen-bond acceptors (Lipinski definition) is 5. The number of ether oxygens (including phenoxy) is 1. The molecule has 4 nitrogen and oxygen atoms in total. The Hall–Kier alpha value is -0.410. The fourth-order valence-electron chi connectivity index (χ4n) is 1.24. The minimum atomic E-state index is -7.31. The monoisotopic (exact) mass is 402 g/mol. The number of rotatable bonds is 5. The summed E-state index contributed by atoms with van der Waals surface area (Å²) in [6, 6.07) is 0. The van der Waals surface area contributed by atoms with Crippen molar-refractivity contribution in [3.05, 3.63) is 0 Å². The normalized spacial score (nSPS) is 22.2. The van der Waals surface area contributed by atoms with Gasteiger partial charge in [0.05, 0.1) is 13.2 Å². The molecule has 1 aliphatic heterocycles. The van der Waals surface area contributed by atoms with E-state index < -0.39 is 45.4 Å². The van der Waals surface area contributed by atoms with Gasteiger partial charge in [-0.3, -0.25) is 0 Å². The van der Waals surface area contributed by atoms with Crippen LogP contribution in [0.3, 0.4) is 0 Å². The smallest absolute Gasteiger partial charge is 0.377 e. The first-order valence-electron chi connectivity index (χ1n) is 5.40. The predicted molar refractivity (Wildman–Crippen MR) is 58.0 cm³/mol. The molecule has 0 aromatic carbocycles. The third kappa shape index (κ3) is 3.51. The predicted octanol–water partition coefficient (Wildman–Crippen LogP) is 2.85. The van der Waals surface area contributed by atoms with E-state index in [1.807, 2.05) is 0 Å². The standard InChI is InChI=1S/C8H7F9O4S2/c9-5(10,7(13,14)15)6(11,12)8(16,17)23(18,19)21-4-3-20-1-2-22-4/h4H,1-3H2. The van der Waals surface area contributed by atoms with Crippen LogP contribution in [0.5, 0.6) is 0 Å². The summed E-state index contributed by atoms with van der Waals surface area (Å²) in [6.45, 7) is -0.621. The lowest BCUT2D eigenvalue weighted by atomic mass is 10.1. The summed E-state index contributed by atoms with van der Waals surface area (Å²) in [7, 11) is -6.82. The first-order valence-corrected chi connectivity index (χ1v) is 7.86. The van der Waals surface area contributed by atoms with E-state index in [2.05, 4.69) is 8.92 Å². The van der Waals surface area contributed by atoms with Gasteiger partial charge in [0.25, 0.3) is 0 Å². The first-order chi connectivity index (χ1) is 10.1. The number of halogens is 9. The zero-order valence-corrected chi connectivity index (χ0v) is 12.2. The van der Waals surface area contributed by atoms with Crippen LogP contribution in [0.25, 0.3) is 0 Å². The third-order valence-electron chi connectivity index (χ3n) is 2.45. The van der Waals surface area contributed by atoms with Crippen molar-refractivity contribution in [1.82, 2.24) is 0 Å². The SMILES string of the molecule is O=S(=O)(OC1COCCS1)C(F)(F)C(F)(F)C(F)(F)C(F)(F)F. The van der Waals surface area contributed by atoms with E-state index in [-0.39, 0.29) is 12.4 Å². The molecule has 0 saturated carbocycles. The Labute approximate surface area is 127 Å². The molecule has 0 aliphatic carbocycles. The molecule has 0 spiro atoms. The Morgan fingerprint density at radius 2 is 1.48 bits per heavy atom. The second-order valence-electron chi connectivity index (χ2n) is 4.09. The molecule has 0 N–H and O–H groups in total. The summed E-state index contributed by atoms with van der Waals surface area (Å²) >= 11 is 0.516. The Morgan fingerprint density at radius 1 is 0.957 bits per heavy atom. The van der Waals surface area contributed by atoms with Gasteiger partial charge in [-0.15, -0.1) is 11.8 Å². The third-order valence-corrected chi connectivity index (χ3v) is 4.95. The zero-order chi connectivity index (χ0) is 18.3. The molecule has 1 atom stereocenters. The summed E-state index contributed by atoms with van der Waals surface area (Å²) < 4.78 is 144. The van der Waals surface area contributed by atoms with Crippen molar-refractivity contribution >= 4 is 21.9 Å². The second kappa shape index (κ2) is 6.15. The molecule has 0 aromatic rings. The van der Waals surface area contributed by atoms with Crippen LogP contribution >= 0.6 is 11.8 Å². The number of thioether (sulfide) groups is 1. The van der Waals surface area contributed by atoms with E-state index >= 15 is 0 Å². The molecule has 1 heterocycles. The average molecular weight is 402 g/mol. The largest absolute Gasteiger partial charge is 0.460 e. The fraction of sp³-hybridized carbons (Fsp3) is 1.00. The van der Waals surface area contributed by atoms with E-state index in [0.29, 0.717) is 11.8 Å². The van der Waals surface area contributed by atoms with Crippen molar-refractivity contribution in [3.8, 4) is 0 Å². The Bertz CT molecular complexity index is 524. The molecule has 23 heavy (non-hydrogen) atoms. The number of alkyl halides is 9. The molecular formula is C8H7F9O4S2. The maximum absolute atomic E-state index is 13.3. The van der Waals surface area contributed by atoms with Crippen LogP contribution in [0.4, 0.5) is 39.5 Å². The molecule has 0 amide bonds. The van der Waals surface area contributed by atoms with Gasteiger partial charge >= 0.3 is 33.4 Å². The van der Waals surface area contributed by atoms with Crippen molar-refractivity contribution < 1.29 is 56.9 Å². The summed E-state index contributed by atoms with van der Waals surface area (Å²) in [6.07, 6.45) is -7.11. The van der Waals surface area contributed by atoms with Gasteiger partial charge in [0.1, 0.15) is 5.44 Å². The van der Waals surface area contributed by atoms with Gasteiger partial charge in [0.15, 0.2) is 0 Å². The Balaban J connectivity index is 3.16. The molecular weight excluding hydrogens is 395 g/mol. The molecule has 1 rings (SSSR count). The second-order valence-corrected chi connectivity index (χ2v) is 6.97. The minimum Gasteiger partial charge on any atom is -0.377 e. The van der Waals surface area contributed by atoms with Crippen molar-refractivity contribution in [3.63, 3.8) is 0 Å². The van der Waals surface area contributed by atoms with Crippen molar-refractivity contribution in [1.29, 1.82) is 0 Å². The molecule has 0 aromatic heterocycles. The molecule has 0 radical (unpaired) electrons. The van der Waals surface area contributed by atoms with E-state index in [9.17, 15) is 47.9 Å². The summed E-state index contributed by atoms with van der Waals surface area (Å²) in [5, 5.41) is -6.84. The van der Waals surface area contributed by atoms with Gasteiger partial charge in [-0.1, -0.05) is 0 Å². The Morgan fingerprint density at radius 3 is 1.87 bits per heavy atom. The van der Waals surface area contributed by atoms with Gasteiger partial charge < -0.3 is 4.74 Å². The quantitative estimate of drug-likeness (QED) is 0.523.